The lowest BCUT2D eigenvalue weighted by Crippen LogP contribution is -2.34. The molecular weight excluding hydrogens is 252 g/mol. The molecule has 0 bridgehead atoms. The van der Waals surface area contributed by atoms with Gasteiger partial charge >= 0.3 is 6.98 Å². The van der Waals surface area contributed by atoms with Crippen LogP contribution >= 0.6 is 0 Å². The molecule has 0 saturated carbocycles. The zero-order valence-corrected chi connectivity index (χ0v) is 11.6. The third-order valence-electron chi connectivity index (χ3n) is 3.08. The minimum atomic E-state index is -4.92. The van der Waals surface area contributed by atoms with Gasteiger partial charge in [0, 0.05) is 0 Å². The molecule has 0 saturated heterocycles. The number of hydrogen-bond acceptors (Lipinski definition) is 1. The molecule has 0 aromatic heterocycles. The van der Waals surface area contributed by atoms with Gasteiger partial charge in [-0.15, -0.1) is 5.46 Å². The molecule has 19 heavy (non-hydrogen) atoms. The molecule has 5 heteroatoms. The van der Waals surface area contributed by atoms with Crippen molar-refractivity contribution in [1.29, 1.82) is 0 Å². The first kappa shape index (κ1) is 15.9. The number of halogens is 3. The Balaban J connectivity index is 2.43. The molecule has 0 unspecified atom stereocenters. The van der Waals surface area contributed by atoms with E-state index in [1.54, 1.807) is 6.92 Å². The minimum absolute atomic E-state index is 0.547. The standard InChI is InChI=1S/C14H21BF3O/c1-3-4-5-6-7-10-19-14-9-8-13(11-12(14)2)15(16,17)18/h8-9,11H,3-7,10H2,1-2H3/q-1. The molecule has 1 aromatic carbocycles. The second-order valence-electron chi connectivity index (χ2n) is 4.86. The van der Waals surface area contributed by atoms with Crippen molar-refractivity contribution in [1.82, 2.24) is 0 Å². The summed E-state index contributed by atoms with van der Waals surface area (Å²) in [6.07, 6.45) is 5.66. The molecule has 0 heterocycles. The molecule has 1 aromatic rings. The summed E-state index contributed by atoms with van der Waals surface area (Å²) < 4.78 is 43.2. The number of rotatable bonds is 8. The molecule has 0 aliphatic rings. The van der Waals surface area contributed by atoms with Crippen molar-refractivity contribution in [2.24, 2.45) is 0 Å². The normalized spacial score (nSPS) is 11.6. The van der Waals surface area contributed by atoms with Gasteiger partial charge in [0.2, 0.25) is 0 Å². The molecule has 0 spiro atoms. The van der Waals surface area contributed by atoms with Crippen molar-refractivity contribution >= 4 is 12.4 Å². The van der Waals surface area contributed by atoms with Crippen LogP contribution in [0.3, 0.4) is 0 Å². The van der Waals surface area contributed by atoms with Crippen molar-refractivity contribution in [2.75, 3.05) is 6.61 Å². The van der Waals surface area contributed by atoms with Gasteiger partial charge in [-0.25, -0.2) is 0 Å². The highest BCUT2D eigenvalue weighted by Crippen LogP contribution is 2.19. The molecule has 0 radical (unpaired) electrons. The monoisotopic (exact) mass is 273 g/mol. The third kappa shape index (κ3) is 5.58. The fraction of sp³-hybridized carbons (Fsp3) is 0.571. The fourth-order valence-electron chi connectivity index (χ4n) is 1.93. The lowest BCUT2D eigenvalue weighted by Gasteiger charge is -2.17. The summed E-state index contributed by atoms with van der Waals surface area (Å²) in [6, 6.07) is 3.68. The van der Waals surface area contributed by atoms with E-state index in [2.05, 4.69) is 6.92 Å². The number of unbranched alkanes of at least 4 members (excludes halogenated alkanes) is 4. The van der Waals surface area contributed by atoms with Gasteiger partial charge in [-0.05, 0) is 25.0 Å². The number of aryl methyl sites for hydroxylation is 1. The van der Waals surface area contributed by atoms with Gasteiger partial charge in [-0.2, -0.15) is 0 Å². The Morgan fingerprint density at radius 1 is 1.05 bits per heavy atom. The molecule has 1 rings (SSSR count). The highest BCUT2D eigenvalue weighted by Gasteiger charge is 2.25. The van der Waals surface area contributed by atoms with Gasteiger partial charge in [0.25, 0.3) is 0 Å². The second kappa shape index (κ2) is 7.46. The lowest BCUT2D eigenvalue weighted by molar-refractivity contribution is 0.302. The smallest absolute Gasteiger partial charge is 0.493 e. The van der Waals surface area contributed by atoms with E-state index in [9.17, 15) is 12.9 Å². The zero-order chi connectivity index (χ0) is 14.3. The molecule has 0 aliphatic carbocycles. The highest BCUT2D eigenvalue weighted by atomic mass is 19.4. The SMILES string of the molecule is CCCCCCCOc1ccc([B-](F)(F)F)cc1C. The van der Waals surface area contributed by atoms with Crippen molar-refractivity contribution in [2.45, 2.75) is 46.0 Å². The second-order valence-corrected chi connectivity index (χ2v) is 4.86. The number of hydrogen-bond donors (Lipinski definition) is 0. The number of ether oxygens (including phenoxy) is 1. The van der Waals surface area contributed by atoms with E-state index in [4.69, 9.17) is 4.74 Å². The summed E-state index contributed by atoms with van der Waals surface area (Å²) in [5.41, 5.74) is -0.0157. The van der Waals surface area contributed by atoms with Crippen LogP contribution in [0.15, 0.2) is 18.2 Å². The van der Waals surface area contributed by atoms with Crippen LogP contribution in [-0.2, 0) is 0 Å². The van der Waals surface area contributed by atoms with E-state index in [1.807, 2.05) is 0 Å². The summed E-state index contributed by atoms with van der Waals surface area (Å²) in [5.74, 6) is 0.555. The predicted molar refractivity (Wildman–Crippen MR) is 74.1 cm³/mol. The van der Waals surface area contributed by atoms with Crippen LogP contribution < -0.4 is 10.2 Å². The maximum atomic E-state index is 12.5. The quantitative estimate of drug-likeness (QED) is 0.504. The van der Waals surface area contributed by atoms with E-state index in [-0.39, 0.29) is 0 Å². The summed E-state index contributed by atoms with van der Waals surface area (Å²) in [5, 5.41) is 0. The largest absolute Gasteiger partial charge is 0.509 e. The molecule has 1 nitrogen and oxygen atoms in total. The average molecular weight is 273 g/mol. The number of benzene rings is 1. The highest BCUT2D eigenvalue weighted by molar-refractivity contribution is 6.73. The van der Waals surface area contributed by atoms with E-state index >= 15 is 0 Å². The Morgan fingerprint density at radius 3 is 2.32 bits per heavy atom. The molecule has 0 amide bonds. The Bertz CT molecular complexity index is 391. The zero-order valence-electron chi connectivity index (χ0n) is 11.6. The van der Waals surface area contributed by atoms with Crippen LogP contribution in [0.4, 0.5) is 12.9 Å². The summed E-state index contributed by atoms with van der Waals surface area (Å²) in [6.45, 7) is -0.545. The van der Waals surface area contributed by atoms with Crippen molar-refractivity contribution in [3.63, 3.8) is 0 Å². The Labute approximate surface area is 113 Å². The fourth-order valence-corrected chi connectivity index (χ4v) is 1.93. The maximum absolute atomic E-state index is 12.5. The Kier molecular flexibility index (Phi) is 6.26. The summed E-state index contributed by atoms with van der Waals surface area (Å²) in [4.78, 5) is 0. The van der Waals surface area contributed by atoms with E-state index in [0.29, 0.717) is 17.9 Å². The first-order chi connectivity index (χ1) is 8.95. The first-order valence-electron chi connectivity index (χ1n) is 6.88. The average Bonchev–Trinajstić information content (AvgIpc) is 2.34. The molecule has 0 N–H and O–H groups in total. The molecular formula is C14H21BF3O-. The van der Waals surface area contributed by atoms with Crippen LogP contribution in [0.1, 0.15) is 44.6 Å². The summed E-state index contributed by atoms with van der Waals surface area (Å²) >= 11 is 0. The van der Waals surface area contributed by atoms with Gasteiger partial charge in [-0.3, -0.25) is 0 Å². The van der Waals surface area contributed by atoms with Crippen LogP contribution in [0.25, 0.3) is 0 Å². The van der Waals surface area contributed by atoms with Gasteiger partial charge in [0.1, 0.15) is 5.75 Å². The maximum Gasteiger partial charge on any atom is 0.509 e. The molecule has 108 valence electrons. The minimum Gasteiger partial charge on any atom is -0.493 e. The van der Waals surface area contributed by atoms with Gasteiger partial charge < -0.3 is 17.7 Å². The van der Waals surface area contributed by atoms with Crippen molar-refractivity contribution < 1.29 is 17.7 Å². The van der Waals surface area contributed by atoms with Crippen LogP contribution in [-0.4, -0.2) is 13.6 Å². The van der Waals surface area contributed by atoms with Gasteiger partial charge in [0.15, 0.2) is 0 Å². The van der Waals surface area contributed by atoms with Gasteiger partial charge in [0.05, 0.1) is 6.61 Å². The van der Waals surface area contributed by atoms with Crippen LogP contribution in [0.2, 0.25) is 0 Å². The Morgan fingerprint density at radius 2 is 1.74 bits per heavy atom. The van der Waals surface area contributed by atoms with Crippen LogP contribution in [0.5, 0.6) is 5.75 Å². The third-order valence-corrected chi connectivity index (χ3v) is 3.08. The predicted octanol–water partition coefficient (Wildman–Crippen LogP) is 4.40. The molecule has 0 fully saturated rings. The topological polar surface area (TPSA) is 9.23 Å². The Hall–Kier alpha value is -1.13. The van der Waals surface area contributed by atoms with E-state index in [1.165, 1.54) is 25.3 Å². The molecule has 0 atom stereocenters. The van der Waals surface area contributed by atoms with Crippen molar-refractivity contribution in [3.8, 4) is 5.75 Å². The first-order valence-corrected chi connectivity index (χ1v) is 6.88. The van der Waals surface area contributed by atoms with E-state index in [0.717, 1.165) is 25.0 Å². The van der Waals surface area contributed by atoms with Gasteiger partial charge in [-0.1, -0.05) is 44.7 Å². The van der Waals surface area contributed by atoms with Crippen molar-refractivity contribution in [3.05, 3.63) is 23.8 Å². The summed E-state index contributed by atoms with van der Waals surface area (Å²) in [7, 11) is 0. The molecule has 0 aliphatic heterocycles. The lowest BCUT2D eigenvalue weighted by atomic mass is 9.79. The van der Waals surface area contributed by atoms with E-state index < -0.39 is 12.4 Å². The van der Waals surface area contributed by atoms with Crippen LogP contribution in [0, 0.1) is 6.92 Å².